The van der Waals surface area contributed by atoms with E-state index in [1.807, 2.05) is 47.8 Å². The molecule has 1 amide bonds. The zero-order valence-electron chi connectivity index (χ0n) is 15.3. The zero-order chi connectivity index (χ0) is 18.1. The number of benzene rings is 1. The summed E-state index contributed by atoms with van der Waals surface area (Å²) in [6, 6.07) is 10.2. The Morgan fingerprint density at radius 2 is 2.12 bits per heavy atom. The second-order valence-corrected chi connectivity index (χ2v) is 7.32. The molecule has 1 saturated heterocycles. The Kier molecular flexibility index (Phi) is 4.45. The van der Waals surface area contributed by atoms with Crippen LogP contribution in [-0.4, -0.2) is 38.4 Å². The predicted octanol–water partition coefficient (Wildman–Crippen LogP) is 4.03. The number of imidazole rings is 1. The van der Waals surface area contributed by atoms with E-state index >= 15 is 0 Å². The number of pyridine rings is 1. The first-order valence-corrected chi connectivity index (χ1v) is 9.30. The average molecular weight is 348 g/mol. The second-order valence-electron chi connectivity index (χ2n) is 7.32. The topological polar surface area (TPSA) is 51.0 Å². The van der Waals surface area contributed by atoms with Gasteiger partial charge in [0.25, 0.3) is 5.91 Å². The summed E-state index contributed by atoms with van der Waals surface area (Å²) in [6.45, 7) is 5.75. The van der Waals surface area contributed by atoms with E-state index in [1.165, 1.54) is 0 Å². The minimum Gasteiger partial charge on any atom is -0.337 e. The number of aromatic nitrogens is 3. The van der Waals surface area contributed by atoms with Crippen molar-refractivity contribution in [1.29, 1.82) is 0 Å². The van der Waals surface area contributed by atoms with Crippen LogP contribution in [0.4, 0.5) is 0 Å². The van der Waals surface area contributed by atoms with Crippen LogP contribution in [0.1, 0.15) is 54.7 Å². The monoisotopic (exact) mass is 348 g/mol. The molecule has 0 N–H and O–H groups in total. The summed E-state index contributed by atoms with van der Waals surface area (Å²) in [5.74, 6) is 0.390. The van der Waals surface area contributed by atoms with Crippen molar-refractivity contribution in [3.05, 3.63) is 60.3 Å². The summed E-state index contributed by atoms with van der Waals surface area (Å²) in [4.78, 5) is 24.2. The average Bonchev–Trinajstić information content (AvgIpc) is 3.21. The Morgan fingerprint density at radius 1 is 1.27 bits per heavy atom. The van der Waals surface area contributed by atoms with Crippen LogP contribution in [-0.2, 0) is 0 Å². The van der Waals surface area contributed by atoms with Crippen molar-refractivity contribution >= 4 is 16.8 Å². The summed E-state index contributed by atoms with van der Waals surface area (Å²) in [6.07, 6.45) is 7.71. The Labute approximate surface area is 153 Å². The molecule has 1 atom stereocenters. The van der Waals surface area contributed by atoms with Gasteiger partial charge in [0.1, 0.15) is 0 Å². The summed E-state index contributed by atoms with van der Waals surface area (Å²) in [5.41, 5.74) is 2.63. The Morgan fingerprint density at radius 3 is 2.88 bits per heavy atom. The van der Waals surface area contributed by atoms with E-state index < -0.39 is 0 Å². The molecule has 1 aromatic carbocycles. The van der Waals surface area contributed by atoms with Crippen molar-refractivity contribution in [3.8, 4) is 0 Å². The number of piperidine rings is 1. The molecule has 0 saturated carbocycles. The smallest absolute Gasteiger partial charge is 0.254 e. The van der Waals surface area contributed by atoms with Crippen LogP contribution in [0.25, 0.3) is 10.9 Å². The number of amides is 1. The van der Waals surface area contributed by atoms with E-state index in [1.54, 1.807) is 6.20 Å². The first-order valence-electron chi connectivity index (χ1n) is 9.30. The van der Waals surface area contributed by atoms with Gasteiger partial charge in [0.15, 0.2) is 0 Å². The Hall–Kier alpha value is -2.69. The molecule has 3 aromatic rings. The third-order valence-electron chi connectivity index (χ3n) is 5.19. The fourth-order valence-electron chi connectivity index (χ4n) is 3.71. The Bertz CT molecular complexity index is 917. The van der Waals surface area contributed by atoms with Crippen molar-refractivity contribution in [2.45, 2.75) is 38.6 Å². The van der Waals surface area contributed by atoms with Gasteiger partial charge in [0, 0.05) is 36.6 Å². The molecule has 134 valence electrons. The van der Waals surface area contributed by atoms with Gasteiger partial charge in [0.2, 0.25) is 0 Å². The van der Waals surface area contributed by atoms with Gasteiger partial charge in [-0.15, -0.1) is 0 Å². The summed E-state index contributed by atoms with van der Waals surface area (Å²) >= 11 is 0. The van der Waals surface area contributed by atoms with E-state index in [0.29, 0.717) is 6.04 Å². The second kappa shape index (κ2) is 6.90. The third-order valence-corrected chi connectivity index (χ3v) is 5.19. The van der Waals surface area contributed by atoms with Crippen LogP contribution in [0.5, 0.6) is 0 Å². The molecule has 0 bridgehead atoms. The molecule has 1 fully saturated rings. The quantitative estimate of drug-likeness (QED) is 0.718. The van der Waals surface area contributed by atoms with Crippen molar-refractivity contribution in [1.82, 2.24) is 19.4 Å². The van der Waals surface area contributed by atoms with Crippen LogP contribution in [0.15, 0.2) is 49.1 Å². The molecule has 2 aromatic heterocycles. The standard InChI is InChI=1S/C21H24N4O/c1-15(2)20-12-18(17-7-3-4-8-19(17)23-20)21(26)24-10-5-6-16(13-24)25-11-9-22-14-25/h3-4,7-9,11-12,14-16H,5-6,10,13H2,1-2H3/t16-/m1/s1. The van der Waals surface area contributed by atoms with Gasteiger partial charge in [-0.25, -0.2) is 4.98 Å². The van der Waals surface area contributed by atoms with Crippen LogP contribution in [0, 0.1) is 0 Å². The minimum atomic E-state index is 0.107. The lowest BCUT2D eigenvalue weighted by Crippen LogP contribution is -2.40. The lowest BCUT2D eigenvalue weighted by atomic mass is 10.00. The summed E-state index contributed by atoms with van der Waals surface area (Å²) in [5, 5.41) is 0.937. The van der Waals surface area contributed by atoms with Crippen molar-refractivity contribution in [2.75, 3.05) is 13.1 Å². The molecular weight excluding hydrogens is 324 g/mol. The van der Waals surface area contributed by atoms with E-state index in [9.17, 15) is 4.79 Å². The molecule has 3 heterocycles. The van der Waals surface area contributed by atoms with E-state index in [-0.39, 0.29) is 11.8 Å². The maximum absolute atomic E-state index is 13.4. The molecule has 4 rings (SSSR count). The van der Waals surface area contributed by atoms with E-state index in [4.69, 9.17) is 4.98 Å². The molecule has 5 nitrogen and oxygen atoms in total. The summed E-state index contributed by atoms with van der Waals surface area (Å²) < 4.78 is 2.11. The molecule has 26 heavy (non-hydrogen) atoms. The van der Waals surface area contributed by atoms with Gasteiger partial charge in [-0.3, -0.25) is 9.78 Å². The number of likely N-dealkylation sites (tertiary alicyclic amines) is 1. The molecule has 0 radical (unpaired) electrons. The number of para-hydroxylation sites is 1. The third kappa shape index (κ3) is 3.09. The SMILES string of the molecule is CC(C)c1cc(C(=O)N2CCC[C@@H](n3ccnc3)C2)c2ccccc2n1. The number of carbonyl (C=O) groups is 1. The van der Waals surface area contributed by atoms with Crippen molar-refractivity contribution in [3.63, 3.8) is 0 Å². The lowest BCUT2D eigenvalue weighted by molar-refractivity contribution is 0.0681. The fraction of sp³-hybridized carbons (Fsp3) is 0.381. The molecule has 5 heteroatoms. The number of carbonyl (C=O) groups excluding carboxylic acids is 1. The van der Waals surface area contributed by atoms with Gasteiger partial charge in [0.05, 0.1) is 23.4 Å². The number of hydrogen-bond donors (Lipinski definition) is 0. The molecule has 1 aliphatic rings. The highest BCUT2D eigenvalue weighted by atomic mass is 16.2. The largest absolute Gasteiger partial charge is 0.337 e. The Balaban J connectivity index is 1.69. The zero-order valence-corrected chi connectivity index (χ0v) is 15.3. The van der Waals surface area contributed by atoms with Crippen LogP contribution in [0.2, 0.25) is 0 Å². The van der Waals surface area contributed by atoms with Crippen LogP contribution < -0.4 is 0 Å². The van der Waals surface area contributed by atoms with Gasteiger partial charge in [-0.1, -0.05) is 32.0 Å². The highest BCUT2D eigenvalue weighted by Crippen LogP contribution is 2.27. The molecule has 1 aliphatic heterocycles. The van der Waals surface area contributed by atoms with Crippen molar-refractivity contribution < 1.29 is 4.79 Å². The van der Waals surface area contributed by atoms with Crippen LogP contribution in [0.3, 0.4) is 0 Å². The van der Waals surface area contributed by atoms with Gasteiger partial charge < -0.3 is 9.47 Å². The minimum absolute atomic E-state index is 0.107. The maximum Gasteiger partial charge on any atom is 0.254 e. The maximum atomic E-state index is 13.4. The van der Waals surface area contributed by atoms with E-state index in [2.05, 4.69) is 23.4 Å². The summed E-state index contributed by atoms with van der Waals surface area (Å²) in [7, 11) is 0. The molecular formula is C21H24N4O. The number of nitrogens with zero attached hydrogens (tertiary/aromatic N) is 4. The number of hydrogen-bond acceptors (Lipinski definition) is 3. The van der Waals surface area contributed by atoms with Gasteiger partial charge in [-0.05, 0) is 30.9 Å². The first kappa shape index (κ1) is 16.8. The first-order chi connectivity index (χ1) is 12.6. The lowest BCUT2D eigenvalue weighted by Gasteiger charge is -2.33. The fourth-order valence-corrected chi connectivity index (χ4v) is 3.71. The predicted molar refractivity (Wildman–Crippen MR) is 102 cm³/mol. The molecule has 0 unspecified atom stereocenters. The van der Waals surface area contributed by atoms with E-state index in [0.717, 1.165) is 48.1 Å². The van der Waals surface area contributed by atoms with Gasteiger partial charge in [-0.2, -0.15) is 0 Å². The highest BCUT2D eigenvalue weighted by molar-refractivity contribution is 6.06. The van der Waals surface area contributed by atoms with Gasteiger partial charge >= 0.3 is 0 Å². The van der Waals surface area contributed by atoms with Crippen molar-refractivity contribution in [2.24, 2.45) is 0 Å². The molecule has 0 aliphatic carbocycles. The normalized spacial score (nSPS) is 17.8. The molecule has 0 spiro atoms. The number of rotatable bonds is 3. The van der Waals surface area contributed by atoms with Crippen LogP contribution >= 0.6 is 0 Å². The highest BCUT2D eigenvalue weighted by Gasteiger charge is 2.27. The number of fused-ring (bicyclic) bond motifs is 1.